The average molecular weight is 258 g/mol. The van der Waals surface area contributed by atoms with Crippen molar-refractivity contribution in [3.63, 3.8) is 0 Å². The van der Waals surface area contributed by atoms with Gasteiger partial charge in [-0.3, -0.25) is 0 Å². The third kappa shape index (κ3) is 2.47. The standard InChI is InChI=1S/C13H11FN4O/c14-9-2-1-3-11(6-9)19-8-12-16-13-7-10(15)4-5-18(13)17-12/h1-7H,8,15H2. The fraction of sp³-hybridized carbons (Fsp3) is 0.0769. The Balaban J connectivity index is 1.78. The number of halogens is 1. The van der Waals surface area contributed by atoms with Crippen LogP contribution in [0.1, 0.15) is 5.82 Å². The molecule has 0 saturated carbocycles. The Morgan fingerprint density at radius 2 is 2.16 bits per heavy atom. The van der Waals surface area contributed by atoms with Crippen molar-refractivity contribution in [3.8, 4) is 5.75 Å². The van der Waals surface area contributed by atoms with Gasteiger partial charge in [-0.05, 0) is 18.2 Å². The third-order valence-corrected chi connectivity index (χ3v) is 2.57. The molecule has 3 rings (SSSR count). The number of pyridine rings is 1. The number of anilines is 1. The molecular weight excluding hydrogens is 247 g/mol. The summed E-state index contributed by atoms with van der Waals surface area (Å²) in [6, 6.07) is 9.39. The zero-order valence-electron chi connectivity index (χ0n) is 9.95. The number of ether oxygens (including phenoxy) is 1. The van der Waals surface area contributed by atoms with Crippen LogP contribution in [0.4, 0.5) is 10.1 Å². The number of benzene rings is 1. The number of hydrogen-bond donors (Lipinski definition) is 1. The van der Waals surface area contributed by atoms with Gasteiger partial charge < -0.3 is 10.5 Å². The lowest BCUT2D eigenvalue weighted by Gasteiger charge is -2.02. The molecular formula is C13H11FN4O. The van der Waals surface area contributed by atoms with Gasteiger partial charge in [0.25, 0.3) is 0 Å². The summed E-state index contributed by atoms with van der Waals surface area (Å²) >= 11 is 0. The Morgan fingerprint density at radius 1 is 1.26 bits per heavy atom. The van der Waals surface area contributed by atoms with E-state index in [1.54, 1.807) is 35.0 Å². The highest BCUT2D eigenvalue weighted by Crippen LogP contribution is 2.14. The number of fused-ring (bicyclic) bond motifs is 1. The van der Waals surface area contributed by atoms with E-state index in [-0.39, 0.29) is 12.4 Å². The predicted molar refractivity (Wildman–Crippen MR) is 68.1 cm³/mol. The van der Waals surface area contributed by atoms with Crippen LogP contribution < -0.4 is 10.5 Å². The van der Waals surface area contributed by atoms with Crippen LogP contribution in [0.15, 0.2) is 42.6 Å². The van der Waals surface area contributed by atoms with Crippen LogP contribution in [-0.4, -0.2) is 14.6 Å². The molecule has 2 heterocycles. The Bertz CT molecular complexity index is 725. The smallest absolute Gasteiger partial charge is 0.189 e. The van der Waals surface area contributed by atoms with Crippen LogP contribution >= 0.6 is 0 Å². The molecule has 5 nitrogen and oxygen atoms in total. The summed E-state index contributed by atoms with van der Waals surface area (Å²) in [6.07, 6.45) is 1.73. The average Bonchev–Trinajstić information content (AvgIpc) is 2.78. The highest BCUT2D eigenvalue weighted by molar-refractivity contribution is 5.50. The molecule has 0 atom stereocenters. The molecule has 0 aliphatic rings. The number of nitrogens with zero attached hydrogens (tertiary/aromatic N) is 3. The van der Waals surface area contributed by atoms with E-state index in [2.05, 4.69) is 10.1 Å². The van der Waals surface area contributed by atoms with Crippen molar-refractivity contribution in [1.29, 1.82) is 0 Å². The van der Waals surface area contributed by atoms with Gasteiger partial charge in [0.05, 0.1) is 0 Å². The lowest BCUT2D eigenvalue weighted by molar-refractivity contribution is 0.294. The molecule has 0 saturated heterocycles. The SMILES string of the molecule is Nc1ccn2nc(COc3cccc(F)c3)nc2c1. The molecule has 0 unspecified atom stereocenters. The molecule has 2 aromatic heterocycles. The van der Waals surface area contributed by atoms with Gasteiger partial charge in [-0.2, -0.15) is 0 Å². The molecule has 0 aliphatic heterocycles. The molecule has 0 aliphatic carbocycles. The number of nitrogens with two attached hydrogens (primary N) is 1. The van der Waals surface area contributed by atoms with Crippen molar-refractivity contribution in [1.82, 2.24) is 14.6 Å². The summed E-state index contributed by atoms with van der Waals surface area (Å²) in [5, 5.41) is 4.22. The summed E-state index contributed by atoms with van der Waals surface area (Å²) < 4.78 is 20.0. The first kappa shape index (κ1) is 11.5. The van der Waals surface area contributed by atoms with E-state index in [1.165, 1.54) is 12.1 Å². The zero-order chi connectivity index (χ0) is 13.2. The van der Waals surface area contributed by atoms with Gasteiger partial charge >= 0.3 is 0 Å². The van der Waals surface area contributed by atoms with Crippen LogP contribution in [0.5, 0.6) is 5.75 Å². The summed E-state index contributed by atoms with van der Waals surface area (Å²) in [7, 11) is 0. The number of rotatable bonds is 3. The molecule has 0 amide bonds. The van der Waals surface area contributed by atoms with Gasteiger partial charge in [-0.1, -0.05) is 6.07 Å². The first-order valence-electron chi connectivity index (χ1n) is 5.70. The third-order valence-electron chi connectivity index (χ3n) is 2.57. The quantitative estimate of drug-likeness (QED) is 0.780. The Hall–Kier alpha value is -2.63. The maximum absolute atomic E-state index is 13.0. The molecule has 0 radical (unpaired) electrons. The minimum absolute atomic E-state index is 0.172. The lowest BCUT2D eigenvalue weighted by Crippen LogP contribution is -1.98. The molecule has 2 N–H and O–H groups in total. The normalized spacial score (nSPS) is 10.8. The topological polar surface area (TPSA) is 65.4 Å². The summed E-state index contributed by atoms with van der Waals surface area (Å²) in [5.74, 6) is 0.612. The molecule has 3 aromatic rings. The van der Waals surface area contributed by atoms with E-state index in [1.807, 2.05) is 0 Å². The minimum atomic E-state index is -0.340. The summed E-state index contributed by atoms with van der Waals surface area (Å²) in [5.41, 5.74) is 6.93. The van der Waals surface area contributed by atoms with Gasteiger partial charge in [0.1, 0.15) is 18.2 Å². The Morgan fingerprint density at radius 3 is 3.00 bits per heavy atom. The first-order chi connectivity index (χ1) is 9.20. The zero-order valence-corrected chi connectivity index (χ0v) is 9.95. The molecule has 1 aromatic carbocycles. The van der Waals surface area contributed by atoms with Crippen LogP contribution in [0, 0.1) is 5.82 Å². The Kier molecular flexibility index (Phi) is 2.75. The number of nitrogen functional groups attached to an aromatic ring is 1. The number of hydrogen-bond acceptors (Lipinski definition) is 4. The van der Waals surface area contributed by atoms with Gasteiger partial charge in [0, 0.05) is 24.0 Å². The van der Waals surface area contributed by atoms with E-state index in [0.717, 1.165) is 0 Å². The van der Waals surface area contributed by atoms with Gasteiger partial charge in [0.15, 0.2) is 11.5 Å². The van der Waals surface area contributed by atoms with Crippen LogP contribution in [0.3, 0.4) is 0 Å². The molecule has 0 bridgehead atoms. The van der Waals surface area contributed by atoms with Crippen molar-refractivity contribution >= 4 is 11.3 Å². The summed E-state index contributed by atoms with van der Waals surface area (Å²) in [6.45, 7) is 0.172. The second-order valence-electron chi connectivity index (χ2n) is 4.04. The van der Waals surface area contributed by atoms with E-state index in [9.17, 15) is 4.39 Å². The van der Waals surface area contributed by atoms with Crippen molar-refractivity contribution in [3.05, 3.63) is 54.2 Å². The first-order valence-corrected chi connectivity index (χ1v) is 5.70. The van der Waals surface area contributed by atoms with E-state index >= 15 is 0 Å². The number of aromatic nitrogens is 3. The van der Waals surface area contributed by atoms with Crippen molar-refractivity contribution in [2.24, 2.45) is 0 Å². The minimum Gasteiger partial charge on any atom is -0.485 e. The molecule has 96 valence electrons. The second-order valence-corrected chi connectivity index (χ2v) is 4.04. The maximum Gasteiger partial charge on any atom is 0.189 e. The van der Waals surface area contributed by atoms with Gasteiger partial charge in [-0.25, -0.2) is 13.9 Å². The van der Waals surface area contributed by atoms with Crippen LogP contribution in [-0.2, 0) is 6.61 Å². The molecule has 6 heteroatoms. The molecule has 0 spiro atoms. The highest BCUT2D eigenvalue weighted by Gasteiger charge is 2.05. The highest BCUT2D eigenvalue weighted by atomic mass is 19.1. The van der Waals surface area contributed by atoms with E-state index < -0.39 is 0 Å². The Labute approximate surface area is 108 Å². The van der Waals surface area contributed by atoms with Gasteiger partial charge in [-0.15, -0.1) is 5.10 Å². The van der Waals surface area contributed by atoms with Crippen molar-refractivity contribution in [2.75, 3.05) is 5.73 Å². The fourth-order valence-electron chi connectivity index (χ4n) is 1.71. The predicted octanol–water partition coefficient (Wildman–Crippen LogP) is 2.03. The van der Waals surface area contributed by atoms with Crippen molar-refractivity contribution in [2.45, 2.75) is 6.61 Å². The maximum atomic E-state index is 13.0. The van der Waals surface area contributed by atoms with Crippen molar-refractivity contribution < 1.29 is 9.13 Å². The van der Waals surface area contributed by atoms with Crippen LogP contribution in [0.2, 0.25) is 0 Å². The summed E-state index contributed by atoms with van der Waals surface area (Å²) in [4.78, 5) is 4.26. The lowest BCUT2D eigenvalue weighted by atomic mass is 10.3. The van der Waals surface area contributed by atoms with Crippen LogP contribution in [0.25, 0.3) is 5.65 Å². The molecule has 0 fully saturated rings. The second kappa shape index (κ2) is 4.56. The van der Waals surface area contributed by atoms with E-state index in [4.69, 9.17) is 10.5 Å². The fourth-order valence-corrected chi connectivity index (χ4v) is 1.71. The largest absolute Gasteiger partial charge is 0.485 e. The van der Waals surface area contributed by atoms with Gasteiger partial charge in [0.2, 0.25) is 0 Å². The van der Waals surface area contributed by atoms with E-state index in [0.29, 0.717) is 22.9 Å². The molecule has 19 heavy (non-hydrogen) atoms. The monoisotopic (exact) mass is 258 g/mol.